The summed E-state index contributed by atoms with van der Waals surface area (Å²) in [5.74, 6) is 0.0787. The monoisotopic (exact) mass is 219 g/mol. The predicted molar refractivity (Wildman–Crippen MR) is 67.7 cm³/mol. The number of rotatable bonds is 5. The van der Waals surface area contributed by atoms with Gasteiger partial charge < -0.3 is 5.73 Å². The third-order valence-corrected chi connectivity index (χ3v) is 3.36. The fourth-order valence-electron chi connectivity index (χ4n) is 1.89. The van der Waals surface area contributed by atoms with Gasteiger partial charge in [-0.05, 0) is 24.8 Å². The first-order chi connectivity index (χ1) is 7.59. The number of Topliss-reactive ketones (excluding diaryl/α,β-unsaturated/α-hetero) is 1. The van der Waals surface area contributed by atoms with Gasteiger partial charge in [0.25, 0.3) is 0 Å². The molecule has 0 amide bonds. The van der Waals surface area contributed by atoms with E-state index in [0.717, 1.165) is 17.5 Å². The molecule has 0 fully saturated rings. The second kappa shape index (κ2) is 5.26. The largest absolute Gasteiger partial charge is 0.319 e. The molecule has 1 rings (SSSR count). The van der Waals surface area contributed by atoms with Crippen molar-refractivity contribution in [2.24, 2.45) is 5.73 Å². The molecule has 1 aromatic carbocycles. The highest BCUT2D eigenvalue weighted by atomic mass is 16.1. The average molecular weight is 219 g/mol. The molecule has 0 saturated carbocycles. The molecule has 0 saturated heterocycles. The zero-order valence-electron chi connectivity index (χ0n) is 10.4. The first kappa shape index (κ1) is 12.9. The van der Waals surface area contributed by atoms with Crippen LogP contribution in [-0.4, -0.2) is 11.3 Å². The van der Waals surface area contributed by atoms with E-state index in [1.54, 1.807) is 0 Å². The van der Waals surface area contributed by atoms with Crippen molar-refractivity contribution in [3.8, 4) is 0 Å². The Morgan fingerprint density at radius 2 is 1.75 bits per heavy atom. The van der Waals surface area contributed by atoms with Crippen LogP contribution in [0.3, 0.4) is 0 Å². The van der Waals surface area contributed by atoms with Crippen LogP contribution in [0.15, 0.2) is 24.3 Å². The molecule has 0 spiro atoms. The van der Waals surface area contributed by atoms with Crippen LogP contribution < -0.4 is 5.73 Å². The standard InChI is InChI=1S/C14H21NO/c1-4-11-9-7-8-10-12(11)13(16)14(15,5-2)6-3/h7-10H,4-6,15H2,1-3H3. The Morgan fingerprint density at radius 3 is 2.25 bits per heavy atom. The van der Waals surface area contributed by atoms with Crippen LogP contribution in [0, 0.1) is 0 Å². The minimum Gasteiger partial charge on any atom is -0.319 e. The van der Waals surface area contributed by atoms with Gasteiger partial charge >= 0.3 is 0 Å². The van der Waals surface area contributed by atoms with E-state index in [9.17, 15) is 4.79 Å². The van der Waals surface area contributed by atoms with Gasteiger partial charge in [-0.15, -0.1) is 0 Å². The second-order valence-corrected chi connectivity index (χ2v) is 4.20. The van der Waals surface area contributed by atoms with Gasteiger partial charge in [0.05, 0.1) is 5.54 Å². The van der Waals surface area contributed by atoms with Crippen LogP contribution >= 0.6 is 0 Å². The molecule has 2 heteroatoms. The van der Waals surface area contributed by atoms with E-state index in [0.29, 0.717) is 12.8 Å². The highest BCUT2D eigenvalue weighted by molar-refractivity contribution is 6.04. The van der Waals surface area contributed by atoms with Crippen LogP contribution in [0.1, 0.15) is 49.5 Å². The quantitative estimate of drug-likeness (QED) is 0.774. The van der Waals surface area contributed by atoms with E-state index in [1.807, 2.05) is 38.1 Å². The second-order valence-electron chi connectivity index (χ2n) is 4.20. The number of nitrogens with two attached hydrogens (primary N) is 1. The molecule has 1 aromatic rings. The van der Waals surface area contributed by atoms with Gasteiger partial charge in [-0.3, -0.25) is 4.79 Å². The highest BCUT2D eigenvalue weighted by Crippen LogP contribution is 2.21. The summed E-state index contributed by atoms with van der Waals surface area (Å²) in [5.41, 5.74) is 7.32. The van der Waals surface area contributed by atoms with E-state index in [4.69, 9.17) is 5.73 Å². The summed E-state index contributed by atoms with van der Waals surface area (Å²) >= 11 is 0. The summed E-state index contributed by atoms with van der Waals surface area (Å²) in [7, 11) is 0. The van der Waals surface area contributed by atoms with E-state index in [1.165, 1.54) is 0 Å². The SMILES string of the molecule is CCc1ccccc1C(=O)C(N)(CC)CC. The lowest BCUT2D eigenvalue weighted by Crippen LogP contribution is -2.47. The fourth-order valence-corrected chi connectivity index (χ4v) is 1.89. The molecule has 0 atom stereocenters. The summed E-state index contributed by atoms with van der Waals surface area (Å²) < 4.78 is 0. The topological polar surface area (TPSA) is 43.1 Å². The van der Waals surface area contributed by atoms with Gasteiger partial charge in [0.2, 0.25) is 0 Å². The first-order valence-electron chi connectivity index (χ1n) is 6.00. The molecular formula is C14H21NO. The van der Waals surface area contributed by atoms with Gasteiger partial charge in [0, 0.05) is 5.56 Å². The molecule has 2 nitrogen and oxygen atoms in total. The molecule has 0 unspecified atom stereocenters. The van der Waals surface area contributed by atoms with Crippen LogP contribution in [0.2, 0.25) is 0 Å². The summed E-state index contributed by atoms with van der Waals surface area (Å²) in [6.07, 6.45) is 2.23. The zero-order chi connectivity index (χ0) is 12.2. The summed E-state index contributed by atoms with van der Waals surface area (Å²) in [6.45, 7) is 5.99. The van der Waals surface area contributed by atoms with Gasteiger partial charge in [0.1, 0.15) is 0 Å². The molecule has 0 aliphatic rings. The Balaban J connectivity index is 3.13. The smallest absolute Gasteiger partial charge is 0.182 e. The Labute approximate surface area is 97.9 Å². The Morgan fingerprint density at radius 1 is 1.19 bits per heavy atom. The summed E-state index contributed by atoms with van der Waals surface area (Å²) in [5, 5.41) is 0. The predicted octanol–water partition coefficient (Wildman–Crippen LogP) is 2.95. The lowest BCUT2D eigenvalue weighted by molar-refractivity contribution is 0.0878. The highest BCUT2D eigenvalue weighted by Gasteiger charge is 2.31. The molecular weight excluding hydrogens is 198 g/mol. The number of carbonyl (C=O) groups excluding carboxylic acids is 1. The van der Waals surface area contributed by atoms with Gasteiger partial charge in [-0.2, -0.15) is 0 Å². The maximum Gasteiger partial charge on any atom is 0.182 e. The van der Waals surface area contributed by atoms with Crippen molar-refractivity contribution < 1.29 is 4.79 Å². The number of ketones is 1. The normalized spacial score (nSPS) is 11.5. The molecule has 88 valence electrons. The number of aryl methyl sites for hydroxylation is 1. The molecule has 2 N–H and O–H groups in total. The average Bonchev–Trinajstić information content (AvgIpc) is 2.36. The zero-order valence-corrected chi connectivity index (χ0v) is 10.4. The maximum atomic E-state index is 12.4. The van der Waals surface area contributed by atoms with Crippen molar-refractivity contribution in [3.63, 3.8) is 0 Å². The van der Waals surface area contributed by atoms with E-state index >= 15 is 0 Å². The van der Waals surface area contributed by atoms with Crippen molar-refractivity contribution in [2.75, 3.05) is 0 Å². The van der Waals surface area contributed by atoms with Crippen LogP contribution in [0.4, 0.5) is 0 Å². The minimum absolute atomic E-state index is 0.0787. The third-order valence-electron chi connectivity index (χ3n) is 3.36. The van der Waals surface area contributed by atoms with E-state index in [2.05, 4.69) is 6.92 Å². The molecule has 0 aliphatic carbocycles. The van der Waals surface area contributed by atoms with E-state index < -0.39 is 5.54 Å². The van der Waals surface area contributed by atoms with Crippen LogP contribution in [-0.2, 0) is 6.42 Å². The Hall–Kier alpha value is -1.15. The van der Waals surface area contributed by atoms with Crippen molar-refractivity contribution >= 4 is 5.78 Å². The van der Waals surface area contributed by atoms with Crippen molar-refractivity contribution in [1.82, 2.24) is 0 Å². The van der Waals surface area contributed by atoms with Gasteiger partial charge in [-0.1, -0.05) is 45.0 Å². The maximum absolute atomic E-state index is 12.4. The number of hydrogen-bond acceptors (Lipinski definition) is 2. The lowest BCUT2D eigenvalue weighted by atomic mass is 9.83. The molecule has 0 aliphatic heterocycles. The molecule has 0 aromatic heterocycles. The van der Waals surface area contributed by atoms with Crippen LogP contribution in [0.25, 0.3) is 0 Å². The Bertz CT molecular complexity index is 367. The lowest BCUT2D eigenvalue weighted by Gasteiger charge is -2.25. The molecule has 0 bridgehead atoms. The van der Waals surface area contributed by atoms with Gasteiger partial charge in [0.15, 0.2) is 5.78 Å². The molecule has 0 heterocycles. The molecule has 0 radical (unpaired) electrons. The number of hydrogen-bond donors (Lipinski definition) is 1. The summed E-state index contributed by atoms with van der Waals surface area (Å²) in [4.78, 5) is 12.4. The fraction of sp³-hybridized carbons (Fsp3) is 0.500. The van der Waals surface area contributed by atoms with Crippen molar-refractivity contribution in [3.05, 3.63) is 35.4 Å². The van der Waals surface area contributed by atoms with Crippen molar-refractivity contribution in [1.29, 1.82) is 0 Å². The van der Waals surface area contributed by atoms with E-state index in [-0.39, 0.29) is 5.78 Å². The minimum atomic E-state index is -0.703. The summed E-state index contributed by atoms with van der Waals surface area (Å²) in [6, 6.07) is 7.75. The van der Waals surface area contributed by atoms with Gasteiger partial charge in [-0.25, -0.2) is 0 Å². The number of carbonyl (C=O) groups is 1. The molecule has 16 heavy (non-hydrogen) atoms. The Kier molecular flexibility index (Phi) is 4.25. The number of benzene rings is 1. The van der Waals surface area contributed by atoms with Crippen molar-refractivity contribution in [2.45, 2.75) is 45.6 Å². The third kappa shape index (κ3) is 2.33. The first-order valence-corrected chi connectivity index (χ1v) is 6.00. The van der Waals surface area contributed by atoms with Crippen LogP contribution in [0.5, 0.6) is 0 Å².